The van der Waals surface area contributed by atoms with E-state index in [9.17, 15) is 9.59 Å². The van der Waals surface area contributed by atoms with E-state index in [0.29, 0.717) is 58.5 Å². The highest BCUT2D eigenvalue weighted by atomic mass is 35.5. The Hall–Kier alpha value is -2.70. The van der Waals surface area contributed by atoms with Crippen LogP contribution in [0.1, 0.15) is 44.7 Å². The van der Waals surface area contributed by atoms with Crippen LogP contribution in [-0.4, -0.2) is 41.7 Å². The van der Waals surface area contributed by atoms with Crippen LogP contribution in [0.15, 0.2) is 36.4 Å². The van der Waals surface area contributed by atoms with Crippen LogP contribution >= 0.6 is 23.2 Å². The summed E-state index contributed by atoms with van der Waals surface area (Å²) in [5, 5.41) is 3.94. The van der Waals surface area contributed by atoms with Gasteiger partial charge in [0.2, 0.25) is 0 Å². The van der Waals surface area contributed by atoms with Gasteiger partial charge < -0.3 is 19.7 Å². The van der Waals surface area contributed by atoms with E-state index in [4.69, 9.17) is 32.7 Å². The van der Waals surface area contributed by atoms with Crippen LogP contribution in [0.3, 0.4) is 0 Å². The van der Waals surface area contributed by atoms with Gasteiger partial charge in [0.25, 0.3) is 5.91 Å². The van der Waals surface area contributed by atoms with Crippen LogP contribution in [-0.2, 0) is 9.53 Å². The van der Waals surface area contributed by atoms with Gasteiger partial charge in [-0.2, -0.15) is 0 Å². The summed E-state index contributed by atoms with van der Waals surface area (Å²) in [6, 6.07) is 10.6. The monoisotopic (exact) mass is 488 g/mol. The van der Waals surface area contributed by atoms with E-state index in [0.717, 1.165) is 5.56 Å². The second-order valence-corrected chi connectivity index (χ2v) is 10.0. The van der Waals surface area contributed by atoms with Gasteiger partial charge in [0.1, 0.15) is 17.5 Å². The van der Waals surface area contributed by atoms with Crippen LogP contribution < -0.4 is 10.1 Å². The molecule has 1 saturated heterocycles. The van der Waals surface area contributed by atoms with Gasteiger partial charge in [-0.3, -0.25) is 4.79 Å². The highest BCUT2D eigenvalue weighted by Crippen LogP contribution is 2.37. The van der Waals surface area contributed by atoms with Crippen molar-refractivity contribution in [1.29, 1.82) is 0 Å². The molecule has 33 heavy (non-hydrogen) atoms. The molecular weight excluding hydrogens is 463 g/mol. The Labute approximate surface area is 203 Å². The lowest BCUT2D eigenvalue weighted by Gasteiger charge is -2.33. The summed E-state index contributed by atoms with van der Waals surface area (Å²) < 4.78 is 11.7. The van der Waals surface area contributed by atoms with Gasteiger partial charge in [0, 0.05) is 52.7 Å². The first-order valence-corrected chi connectivity index (χ1v) is 11.6. The highest BCUT2D eigenvalue weighted by molar-refractivity contribution is 6.37. The van der Waals surface area contributed by atoms with E-state index in [-0.39, 0.29) is 18.1 Å². The molecule has 174 valence electrons. The number of fused-ring (bicyclic) bond motifs is 1. The number of halogens is 2. The summed E-state index contributed by atoms with van der Waals surface area (Å²) in [6.45, 7) is 6.68. The second kappa shape index (κ2) is 9.27. The first kappa shape index (κ1) is 23.5. The maximum Gasteiger partial charge on any atom is 0.410 e. The normalized spacial score (nSPS) is 17.7. The summed E-state index contributed by atoms with van der Waals surface area (Å²) in [7, 11) is 0. The van der Waals surface area contributed by atoms with Crippen molar-refractivity contribution in [1.82, 2.24) is 4.90 Å². The average Bonchev–Trinajstić information content (AvgIpc) is 3.03. The summed E-state index contributed by atoms with van der Waals surface area (Å²) in [6.07, 6.45) is 2.78. The Kier molecular flexibility index (Phi) is 6.59. The van der Waals surface area contributed by atoms with Crippen molar-refractivity contribution < 1.29 is 19.1 Å². The molecule has 2 aromatic carbocycles. The predicted molar refractivity (Wildman–Crippen MR) is 131 cm³/mol. The number of rotatable bonds is 3. The zero-order chi connectivity index (χ0) is 23.8. The van der Waals surface area contributed by atoms with Gasteiger partial charge in [-0.1, -0.05) is 29.3 Å². The molecule has 2 heterocycles. The number of anilines is 1. The first-order valence-electron chi connectivity index (χ1n) is 10.9. The molecule has 2 aliphatic rings. The van der Waals surface area contributed by atoms with Crippen LogP contribution in [0, 0.1) is 0 Å². The van der Waals surface area contributed by atoms with Crippen LogP contribution in [0.5, 0.6) is 5.75 Å². The fourth-order valence-corrected chi connectivity index (χ4v) is 4.22. The van der Waals surface area contributed by atoms with E-state index in [1.54, 1.807) is 35.2 Å². The van der Waals surface area contributed by atoms with E-state index in [1.165, 1.54) is 0 Å². The third-order valence-corrected chi connectivity index (χ3v) is 5.89. The molecule has 1 N–H and O–H groups in total. The predicted octanol–water partition coefficient (Wildman–Crippen LogP) is 6.26. The molecule has 1 fully saturated rings. The fraction of sp³-hybridized carbons (Fsp3) is 0.360. The zero-order valence-corrected chi connectivity index (χ0v) is 20.3. The molecule has 2 aromatic rings. The van der Waals surface area contributed by atoms with Crippen molar-refractivity contribution in [2.45, 2.75) is 45.3 Å². The Morgan fingerprint density at radius 1 is 1.09 bits per heavy atom. The van der Waals surface area contributed by atoms with Gasteiger partial charge in [0.05, 0.1) is 5.69 Å². The molecule has 0 saturated carbocycles. The fourth-order valence-electron chi connectivity index (χ4n) is 3.87. The summed E-state index contributed by atoms with van der Waals surface area (Å²) >= 11 is 12.3. The van der Waals surface area contributed by atoms with Gasteiger partial charge in [-0.15, -0.1) is 0 Å². The largest absolute Gasteiger partial charge is 0.490 e. The summed E-state index contributed by atoms with van der Waals surface area (Å²) in [5.41, 5.74) is 2.17. The Bertz CT molecular complexity index is 1120. The summed E-state index contributed by atoms with van der Waals surface area (Å²) in [5.74, 6) is 0.432. The van der Waals surface area contributed by atoms with E-state index < -0.39 is 5.60 Å². The van der Waals surface area contributed by atoms with E-state index in [2.05, 4.69) is 5.32 Å². The number of hydrogen-bond donors (Lipinski definition) is 1. The minimum absolute atomic E-state index is 0.0643. The first-order chi connectivity index (χ1) is 15.6. The molecule has 0 aromatic heterocycles. The Morgan fingerprint density at radius 2 is 1.76 bits per heavy atom. The highest BCUT2D eigenvalue weighted by Gasteiger charge is 2.29. The molecule has 2 aliphatic heterocycles. The number of nitrogens with one attached hydrogen (secondary N) is 1. The molecule has 6 nitrogen and oxygen atoms in total. The summed E-state index contributed by atoms with van der Waals surface area (Å²) in [4.78, 5) is 26.6. The molecule has 4 rings (SSSR count). The van der Waals surface area contributed by atoms with Crippen molar-refractivity contribution in [3.63, 3.8) is 0 Å². The van der Waals surface area contributed by atoms with Gasteiger partial charge in [-0.05, 0) is 57.2 Å². The number of piperidine rings is 1. The van der Waals surface area contributed by atoms with Gasteiger partial charge in [-0.25, -0.2) is 4.79 Å². The number of hydrogen-bond acceptors (Lipinski definition) is 4. The maximum atomic E-state index is 12.6. The third-order valence-electron chi connectivity index (χ3n) is 5.42. The zero-order valence-electron chi connectivity index (χ0n) is 18.8. The van der Waals surface area contributed by atoms with Crippen LogP contribution in [0.2, 0.25) is 10.0 Å². The lowest BCUT2D eigenvalue weighted by atomic mass is 10.0. The van der Waals surface area contributed by atoms with Gasteiger partial charge >= 0.3 is 6.09 Å². The standard InChI is InChI=1S/C25H26Cl2N2O4/c1-25(2,3)33-24(31)29-10-8-18(9-11-29)32-22-7-5-16(26)12-15(22)13-20-19-6-4-17(27)14-21(19)28-23(20)30/h4-7,12-14,18H,8-11H2,1-3H3,(H,28,30). The molecular formula is C25H26Cl2N2O4. The number of ether oxygens (including phenoxy) is 2. The molecule has 0 unspecified atom stereocenters. The lowest BCUT2D eigenvalue weighted by Crippen LogP contribution is -2.44. The Balaban J connectivity index is 1.50. The number of carbonyl (C=O) groups is 2. The van der Waals surface area contributed by atoms with Crippen molar-refractivity contribution in [3.8, 4) is 5.75 Å². The van der Waals surface area contributed by atoms with Crippen LogP contribution in [0.4, 0.5) is 10.5 Å². The van der Waals surface area contributed by atoms with Crippen molar-refractivity contribution in [2.75, 3.05) is 18.4 Å². The van der Waals surface area contributed by atoms with Crippen molar-refractivity contribution >= 4 is 52.5 Å². The second-order valence-electron chi connectivity index (χ2n) is 9.17. The number of amides is 2. The molecule has 8 heteroatoms. The van der Waals surface area contributed by atoms with Crippen LogP contribution in [0.25, 0.3) is 11.6 Å². The molecule has 0 spiro atoms. The molecule has 2 amide bonds. The Morgan fingerprint density at radius 3 is 2.45 bits per heavy atom. The molecule has 0 bridgehead atoms. The van der Waals surface area contributed by atoms with E-state index in [1.807, 2.05) is 32.9 Å². The number of benzene rings is 2. The number of carbonyl (C=O) groups excluding carboxylic acids is 2. The van der Waals surface area contributed by atoms with E-state index >= 15 is 0 Å². The molecule has 0 aliphatic carbocycles. The van der Waals surface area contributed by atoms with Crippen molar-refractivity contribution in [2.24, 2.45) is 0 Å². The lowest BCUT2D eigenvalue weighted by molar-refractivity contribution is -0.110. The smallest absolute Gasteiger partial charge is 0.410 e. The topological polar surface area (TPSA) is 67.9 Å². The maximum absolute atomic E-state index is 12.6. The molecule has 0 radical (unpaired) electrons. The number of nitrogens with zero attached hydrogens (tertiary/aromatic N) is 1. The average molecular weight is 489 g/mol. The minimum Gasteiger partial charge on any atom is -0.490 e. The SMILES string of the molecule is CC(C)(C)OC(=O)N1CCC(Oc2ccc(Cl)cc2C=C2C(=O)Nc3cc(Cl)ccc32)CC1. The van der Waals surface area contributed by atoms with Crippen molar-refractivity contribution in [3.05, 3.63) is 57.6 Å². The molecule has 0 atom stereocenters. The minimum atomic E-state index is -0.521. The third kappa shape index (κ3) is 5.63. The van der Waals surface area contributed by atoms with Gasteiger partial charge in [0.15, 0.2) is 0 Å². The number of likely N-dealkylation sites (tertiary alicyclic amines) is 1. The quantitative estimate of drug-likeness (QED) is 0.517.